The number of ether oxygens (including phenoxy) is 1. The average Bonchev–Trinajstić information content (AvgIpc) is 2.90. The number of thiophene rings is 1. The van der Waals surface area contributed by atoms with E-state index in [1.54, 1.807) is 23.1 Å². The number of benzene rings is 1. The lowest BCUT2D eigenvalue weighted by Gasteiger charge is -2.24. The van der Waals surface area contributed by atoms with Gasteiger partial charge < -0.3 is 10.5 Å². The molecular formula is C16H21NOS2. The third kappa shape index (κ3) is 3.57. The molecule has 2 rings (SSSR count). The number of hydrogen-bond donors (Lipinski definition) is 1. The summed E-state index contributed by atoms with van der Waals surface area (Å²) in [7, 11) is 0. The molecule has 1 heterocycles. The van der Waals surface area contributed by atoms with E-state index in [2.05, 4.69) is 43.7 Å². The maximum Gasteiger partial charge on any atom is 0.148 e. The predicted molar refractivity (Wildman–Crippen MR) is 88.9 cm³/mol. The Morgan fingerprint density at radius 1 is 1.25 bits per heavy atom. The Morgan fingerprint density at radius 2 is 1.95 bits per heavy atom. The number of rotatable bonds is 6. The second kappa shape index (κ2) is 7.16. The first-order valence-corrected chi connectivity index (χ1v) is 8.86. The normalized spacial score (nSPS) is 14.0. The predicted octanol–water partition coefficient (Wildman–Crippen LogP) is 4.64. The topological polar surface area (TPSA) is 35.2 Å². The maximum atomic E-state index is 6.26. The summed E-state index contributed by atoms with van der Waals surface area (Å²) in [6.45, 7) is 4.21. The third-order valence-electron chi connectivity index (χ3n) is 3.34. The molecule has 2 unspecified atom stereocenters. The molecule has 2 N–H and O–H groups in total. The van der Waals surface area contributed by atoms with Crippen molar-refractivity contribution >= 4 is 23.1 Å². The van der Waals surface area contributed by atoms with Gasteiger partial charge in [0.05, 0.1) is 0 Å². The van der Waals surface area contributed by atoms with E-state index in [1.165, 1.54) is 15.3 Å². The van der Waals surface area contributed by atoms with Gasteiger partial charge in [0.15, 0.2) is 0 Å². The second-order valence-corrected chi connectivity index (χ2v) is 6.58. The van der Waals surface area contributed by atoms with Crippen molar-refractivity contribution in [3.05, 3.63) is 46.2 Å². The summed E-state index contributed by atoms with van der Waals surface area (Å²) >= 11 is 3.45. The van der Waals surface area contributed by atoms with Gasteiger partial charge in [0.1, 0.15) is 11.9 Å². The Bertz CT molecular complexity index is 536. The minimum Gasteiger partial charge on any atom is -0.483 e. The zero-order valence-corrected chi connectivity index (χ0v) is 13.8. The molecule has 2 nitrogen and oxygen atoms in total. The molecule has 0 radical (unpaired) electrons. The van der Waals surface area contributed by atoms with E-state index in [9.17, 15) is 0 Å². The number of hydrogen-bond acceptors (Lipinski definition) is 4. The Labute approximate surface area is 129 Å². The number of aryl methyl sites for hydroxylation is 1. The highest BCUT2D eigenvalue weighted by Crippen LogP contribution is 2.32. The van der Waals surface area contributed by atoms with Crippen molar-refractivity contribution in [2.24, 2.45) is 5.73 Å². The minimum absolute atomic E-state index is 0.00702. The van der Waals surface area contributed by atoms with Gasteiger partial charge in [-0.05, 0) is 60.9 Å². The summed E-state index contributed by atoms with van der Waals surface area (Å²) in [5, 5.41) is 2.10. The van der Waals surface area contributed by atoms with Crippen molar-refractivity contribution in [2.75, 3.05) is 6.26 Å². The van der Waals surface area contributed by atoms with Crippen molar-refractivity contribution in [3.8, 4) is 5.75 Å². The third-order valence-corrected chi connectivity index (χ3v) is 5.17. The van der Waals surface area contributed by atoms with Crippen molar-refractivity contribution in [1.29, 1.82) is 0 Å². The van der Waals surface area contributed by atoms with Crippen LogP contribution in [0.5, 0.6) is 5.75 Å². The number of thioether (sulfide) groups is 1. The molecule has 0 saturated heterocycles. The van der Waals surface area contributed by atoms with Crippen LogP contribution in [0.3, 0.4) is 0 Å². The Kier molecular flexibility index (Phi) is 5.52. The first-order valence-electron chi connectivity index (χ1n) is 6.76. The molecule has 1 aromatic carbocycles. The summed E-state index contributed by atoms with van der Waals surface area (Å²) in [6.07, 6.45) is 2.89. The smallest absolute Gasteiger partial charge is 0.148 e. The van der Waals surface area contributed by atoms with Crippen LogP contribution in [-0.4, -0.2) is 12.3 Å². The highest BCUT2D eigenvalue weighted by Gasteiger charge is 2.23. The molecule has 2 atom stereocenters. The summed E-state index contributed by atoms with van der Waals surface area (Å²) in [5.41, 5.74) is 7.51. The number of nitrogens with two attached hydrogens (primary N) is 1. The van der Waals surface area contributed by atoms with Crippen LogP contribution in [-0.2, 0) is 0 Å². The van der Waals surface area contributed by atoms with Crippen LogP contribution in [0.25, 0.3) is 0 Å². The first-order chi connectivity index (χ1) is 9.65. The van der Waals surface area contributed by atoms with Gasteiger partial charge >= 0.3 is 0 Å². The Balaban J connectivity index is 2.21. The van der Waals surface area contributed by atoms with Crippen molar-refractivity contribution < 1.29 is 4.74 Å². The van der Waals surface area contributed by atoms with E-state index in [0.29, 0.717) is 0 Å². The summed E-state index contributed by atoms with van der Waals surface area (Å²) in [5.74, 6) is 0.879. The average molecular weight is 307 g/mol. The molecule has 0 aliphatic heterocycles. The zero-order valence-electron chi connectivity index (χ0n) is 12.1. The van der Waals surface area contributed by atoms with E-state index >= 15 is 0 Å². The fraction of sp³-hybridized carbons (Fsp3) is 0.375. The maximum absolute atomic E-state index is 6.26. The van der Waals surface area contributed by atoms with Gasteiger partial charge in [-0.2, -0.15) is 0 Å². The Morgan fingerprint density at radius 3 is 2.45 bits per heavy atom. The van der Waals surface area contributed by atoms with Crippen LogP contribution in [0, 0.1) is 6.92 Å². The molecular weight excluding hydrogens is 286 g/mol. The van der Waals surface area contributed by atoms with Gasteiger partial charge in [-0.15, -0.1) is 23.1 Å². The molecule has 4 heteroatoms. The lowest BCUT2D eigenvalue weighted by molar-refractivity contribution is 0.174. The van der Waals surface area contributed by atoms with Crippen molar-refractivity contribution in [1.82, 2.24) is 0 Å². The quantitative estimate of drug-likeness (QED) is 0.790. The van der Waals surface area contributed by atoms with E-state index in [4.69, 9.17) is 10.5 Å². The highest BCUT2D eigenvalue weighted by atomic mass is 32.2. The van der Waals surface area contributed by atoms with Crippen LogP contribution in [0.15, 0.2) is 40.6 Å². The molecule has 0 amide bonds. The Hall–Kier alpha value is -0.970. The van der Waals surface area contributed by atoms with Crippen LogP contribution >= 0.6 is 23.1 Å². The first kappa shape index (κ1) is 15.4. The summed E-state index contributed by atoms with van der Waals surface area (Å²) in [4.78, 5) is 2.47. The van der Waals surface area contributed by atoms with Crippen molar-refractivity contribution in [2.45, 2.75) is 37.3 Å². The largest absolute Gasteiger partial charge is 0.483 e. The fourth-order valence-electron chi connectivity index (χ4n) is 2.03. The summed E-state index contributed by atoms with van der Waals surface area (Å²) < 4.78 is 6.17. The van der Waals surface area contributed by atoms with Gasteiger partial charge in [-0.25, -0.2) is 0 Å². The SMILES string of the molecule is CCC(N)C(Oc1ccc(SC)cc1)c1sccc1C. The molecule has 0 aliphatic carbocycles. The molecule has 0 spiro atoms. The van der Waals surface area contributed by atoms with Gasteiger partial charge in [-0.1, -0.05) is 6.92 Å². The highest BCUT2D eigenvalue weighted by molar-refractivity contribution is 7.98. The summed E-state index contributed by atoms with van der Waals surface area (Å²) in [6, 6.07) is 10.3. The van der Waals surface area contributed by atoms with Crippen LogP contribution in [0.1, 0.15) is 29.9 Å². The van der Waals surface area contributed by atoms with Crippen LogP contribution in [0.4, 0.5) is 0 Å². The van der Waals surface area contributed by atoms with E-state index < -0.39 is 0 Å². The van der Waals surface area contributed by atoms with E-state index in [1.807, 2.05) is 12.1 Å². The van der Waals surface area contributed by atoms with Crippen LogP contribution < -0.4 is 10.5 Å². The van der Waals surface area contributed by atoms with Crippen LogP contribution in [0.2, 0.25) is 0 Å². The second-order valence-electron chi connectivity index (χ2n) is 4.75. The van der Waals surface area contributed by atoms with E-state index in [-0.39, 0.29) is 12.1 Å². The molecule has 2 aromatic rings. The molecule has 108 valence electrons. The lowest BCUT2D eigenvalue weighted by atomic mass is 10.1. The minimum atomic E-state index is -0.0693. The molecule has 0 bridgehead atoms. The zero-order chi connectivity index (χ0) is 14.5. The fourth-order valence-corrected chi connectivity index (χ4v) is 3.46. The van der Waals surface area contributed by atoms with Gasteiger partial charge in [0.25, 0.3) is 0 Å². The molecule has 0 fully saturated rings. The van der Waals surface area contributed by atoms with Crippen molar-refractivity contribution in [3.63, 3.8) is 0 Å². The van der Waals surface area contributed by atoms with Gasteiger partial charge in [0, 0.05) is 15.8 Å². The molecule has 0 saturated carbocycles. The van der Waals surface area contributed by atoms with Gasteiger partial charge in [-0.3, -0.25) is 0 Å². The standard InChI is InChI=1S/C16H21NOS2/c1-4-14(17)15(16-11(2)9-10-20-16)18-12-5-7-13(19-3)8-6-12/h5-10,14-15H,4,17H2,1-3H3. The molecule has 0 aliphatic rings. The van der Waals surface area contributed by atoms with E-state index in [0.717, 1.165) is 12.2 Å². The lowest BCUT2D eigenvalue weighted by Crippen LogP contribution is -2.31. The van der Waals surface area contributed by atoms with Gasteiger partial charge in [0.2, 0.25) is 0 Å². The molecule has 20 heavy (non-hydrogen) atoms. The molecule has 1 aromatic heterocycles. The monoisotopic (exact) mass is 307 g/mol.